The van der Waals surface area contributed by atoms with Crippen LogP contribution in [0, 0.1) is 3.57 Å². The Bertz CT molecular complexity index is 476. The van der Waals surface area contributed by atoms with E-state index in [0.29, 0.717) is 8.47 Å². The smallest absolute Gasteiger partial charge is 0.262 e. The van der Waals surface area contributed by atoms with Crippen LogP contribution in [-0.4, -0.2) is 29.7 Å². The maximum Gasteiger partial charge on any atom is 0.262 e. The van der Waals surface area contributed by atoms with Crippen molar-refractivity contribution in [3.05, 3.63) is 32.9 Å². The second-order valence-corrected chi connectivity index (χ2v) is 4.44. The topological polar surface area (TPSA) is 37.4 Å². The monoisotopic (exact) mass is 337 g/mol. The highest BCUT2D eigenvalue weighted by molar-refractivity contribution is 14.1. The number of hydrogen-bond donors (Lipinski definition) is 0. The van der Waals surface area contributed by atoms with Gasteiger partial charge in [0.05, 0.1) is 17.7 Å². The molecule has 0 N–H and O–H groups in total. The maximum atomic E-state index is 12.2. The molecule has 0 saturated heterocycles. The molecule has 1 aromatic rings. The van der Waals surface area contributed by atoms with E-state index in [1.807, 2.05) is 22.6 Å². The first-order valence-electron chi connectivity index (χ1n) is 4.45. The van der Waals surface area contributed by atoms with Gasteiger partial charge < -0.3 is 0 Å². The summed E-state index contributed by atoms with van der Waals surface area (Å²) in [5.41, 5.74) is 0.436. The summed E-state index contributed by atoms with van der Waals surface area (Å²) in [5, 5.41) is 0. The Labute approximate surface area is 104 Å². The highest BCUT2D eigenvalue weighted by Crippen LogP contribution is 2.27. The second kappa shape index (κ2) is 4.08. The number of hydrogen-bond acceptors (Lipinski definition) is 2. The molecule has 0 aromatic heterocycles. The van der Waals surface area contributed by atoms with Crippen LogP contribution in [0.3, 0.4) is 0 Å². The molecule has 16 heavy (non-hydrogen) atoms. The van der Waals surface area contributed by atoms with Gasteiger partial charge in [0.2, 0.25) is 0 Å². The van der Waals surface area contributed by atoms with Crippen LogP contribution in [0.5, 0.6) is 0 Å². The molecule has 6 heteroatoms. The van der Waals surface area contributed by atoms with Crippen LogP contribution in [0.4, 0.5) is 8.78 Å². The highest BCUT2D eigenvalue weighted by atomic mass is 127. The molecule has 0 bridgehead atoms. The van der Waals surface area contributed by atoms with Crippen molar-refractivity contribution in [3.8, 4) is 0 Å². The van der Waals surface area contributed by atoms with E-state index in [1.165, 1.54) is 6.07 Å². The molecule has 0 spiro atoms. The number of nitrogens with zero attached hydrogens (tertiary/aromatic N) is 1. The number of carbonyl (C=O) groups excluding carboxylic acids is 2. The third-order valence-electron chi connectivity index (χ3n) is 2.27. The lowest BCUT2D eigenvalue weighted by Crippen LogP contribution is -2.34. The largest absolute Gasteiger partial charge is 0.269 e. The fraction of sp³-hybridized carbons (Fsp3) is 0.200. The molecule has 1 heterocycles. The van der Waals surface area contributed by atoms with Crippen molar-refractivity contribution in [3.63, 3.8) is 0 Å². The first-order valence-corrected chi connectivity index (χ1v) is 5.53. The maximum absolute atomic E-state index is 12.2. The number of imide groups is 1. The summed E-state index contributed by atoms with van der Waals surface area (Å²) < 4.78 is 25.0. The molecular formula is C10H6F2INO2. The summed E-state index contributed by atoms with van der Waals surface area (Å²) in [5.74, 6) is -1.27. The van der Waals surface area contributed by atoms with Crippen LogP contribution in [0.15, 0.2) is 18.2 Å². The van der Waals surface area contributed by atoms with Crippen molar-refractivity contribution >= 4 is 34.4 Å². The molecule has 0 aliphatic carbocycles. The summed E-state index contributed by atoms with van der Waals surface area (Å²) in [4.78, 5) is 24.0. The number of alkyl halides is 2. The van der Waals surface area contributed by atoms with Crippen molar-refractivity contribution in [2.75, 3.05) is 6.54 Å². The fourth-order valence-corrected chi connectivity index (χ4v) is 2.32. The van der Waals surface area contributed by atoms with Gasteiger partial charge in [-0.05, 0) is 34.7 Å². The predicted molar refractivity (Wildman–Crippen MR) is 60.5 cm³/mol. The second-order valence-electron chi connectivity index (χ2n) is 3.27. The number of benzene rings is 1. The molecule has 0 atom stereocenters. The zero-order valence-corrected chi connectivity index (χ0v) is 10.1. The molecule has 0 unspecified atom stereocenters. The molecule has 0 fully saturated rings. The van der Waals surface area contributed by atoms with E-state index in [1.54, 1.807) is 12.1 Å². The minimum absolute atomic E-state index is 0.206. The first-order chi connectivity index (χ1) is 7.52. The van der Waals surface area contributed by atoms with Gasteiger partial charge in [-0.25, -0.2) is 8.78 Å². The minimum Gasteiger partial charge on any atom is -0.269 e. The number of halogens is 3. The molecular weight excluding hydrogens is 331 g/mol. The van der Waals surface area contributed by atoms with Crippen LogP contribution >= 0.6 is 22.6 Å². The Morgan fingerprint density at radius 3 is 2.50 bits per heavy atom. The molecule has 2 amide bonds. The normalized spacial score (nSPS) is 14.9. The van der Waals surface area contributed by atoms with E-state index in [-0.39, 0.29) is 11.1 Å². The standard InChI is InChI=1S/C10H6F2INO2/c11-7(12)4-14-9(15)5-2-1-3-6(13)8(5)10(14)16/h1-3,7H,4H2. The predicted octanol–water partition coefficient (Wildman–Crippen LogP) is 2.15. The number of fused-ring (bicyclic) bond motifs is 1. The number of carbonyl (C=O) groups is 2. The summed E-state index contributed by atoms with van der Waals surface area (Å²) >= 11 is 1.91. The van der Waals surface area contributed by atoms with Gasteiger partial charge >= 0.3 is 0 Å². The first kappa shape index (κ1) is 11.4. The Morgan fingerprint density at radius 1 is 1.25 bits per heavy atom. The average molecular weight is 337 g/mol. The average Bonchev–Trinajstić information content (AvgIpc) is 2.44. The summed E-state index contributed by atoms with van der Waals surface area (Å²) in [6, 6.07) is 4.76. The van der Waals surface area contributed by atoms with Gasteiger partial charge in [0.15, 0.2) is 0 Å². The molecule has 1 aromatic carbocycles. The number of rotatable bonds is 2. The Balaban J connectivity index is 2.45. The minimum atomic E-state index is -2.71. The molecule has 0 radical (unpaired) electrons. The van der Waals surface area contributed by atoms with Crippen LogP contribution in [0.2, 0.25) is 0 Å². The van der Waals surface area contributed by atoms with Crippen LogP contribution in [0.1, 0.15) is 20.7 Å². The van der Waals surface area contributed by atoms with Gasteiger partial charge in [0, 0.05) is 3.57 Å². The van der Waals surface area contributed by atoms with Gasteiger partial charge in [-0.15, -0.1) is 0 Å². The molecule has 3 nitrogen and oxygen atoms in total. The molecule has 1 aliphatic rings. The zero-order valence-electron chi connectivity index (χ0n) is 7.91. The van der Waals surface area contributed by atoms with E-state index in [2.05, 4.69) is 0 Å². The third kappa shape index (κ3) is 1.70. The van der Waals surface area contributed by atoms with Crippen LogP contribution < -0.4 is 0 Å². The molecule has 2 rings (SSSR count). The Hall–Kier alpha value is -1.05. The Kier molecular flexibility index (Phi) is 2.92. The SMILES string of the molecule is O=C1c2cccc(I)c2C(=O)N1CC(F)F. The van der Waals surface area contributed by atoms with Gasteiger partial charge in [-0.3, -0.25) is 14.5 Å². The van der Waals surface area contributed by atoms with E-state index < -0.39 is 24.8 Å². The lowest BCUT2D eigenvalue weighted by Gasteiger charge is -2.12. The zero-order chi connectivity index (χ0) is 11.9. The summed E-state index contributed by atoms with van der Waals surface area (Å²) in [6.45, 7) is -0.845. The molecule has 1 aliphatic heterocycles. The van der Waals surface area contributed by atoms with E-state index in [0.717, 1.165) is 0 Å². The Morgan fingerprint density at radius 2 is 1.94 bits per heavy atom. The molecule has 0 saturated carbocycles. The van der Waals surface area contributed by atoms with Gasteiger partial charge in [-0.1, -0.05) is 6.07 Å². The van der Waals surface area contributed by atoms with Crippen molar-refractivity contribution < 1.29 is 18.4 Å². The van der Waals surface area contributed by atoms with Crippen LogP contribution in [0.25, 0.3) is 0 Å². The quantitative estimate of drug-likeness (QED) is 0.613. The number of amides is 2. The van der Waals surface area contributed by atoms with Gasteiger partial charge in [0.1, 0.15) is 0 Å². The van der Waals surface area contributed by atoms with E-state index in [4.69, 9.17) is 0 Å². The third-order valence-corrected chi connectivity index (χ3v) is 3.17. The van der Waals surface area contributed by atoms with Crippen LogP contribution in [-0.2, 0) is 0 Å². The van der Waals surface area contributed by atoms with Gasteiger partial charge in [-0.2, -0.15) is 0 Å². The van der Waals surface area contributed by atoms with Crippen molar-refractivity contribution in [2.24, 2.45) is 0 Å². The van der Waals surface area contributed by atoms with E-state index in [9.17, 15) is 18.4 Å². The summed E-state index contributed by atoms with van der Waals surface area (Å²) in [6.07, 6.45) is -2.71. The van der Waals surface area contributed by atoms with Crippen molar-refractivity contribution in [1.82, 2.24) is 4.90 Å². The lowest BCUT2D eigenvalue weighted by atomic mass is 10.1. The highest BCUT2D eigenvalue weighted by Gasteiger charge is 2.38. The fourth-order valence-electron chi connectivity index (χ4n) is 1.60. The lowest BCUT2D eigenvalue weighted by molar-refractivity contribution is 0.0492. The summed E-state index contributed by atoms with van der Waals surface area (Å²) in [7, 11) is 0. The van der Waals surface area contributed by atoms with Crippen molar-refractivity contribution in [2.45, 2.75) is 6.43 Å². The molecule has 84 valence electrons. The van der Waals surface area contributed by atoms with Gasteiger partial charge in [0.25, 0.3) is 18.2 Å². The van der Waals surface area contributed by atoms with Crippen molar-refractivity contribution in [1.29, 1.82) is 0 Å². The van der Waals surface area contributed by atoms with E-state index >= 15 is 0 Å².